The van der Waals surface area contributed by atoms with Gasteiger partial charge in [-0.15, -0.1) is 4.91 Å². The van der Waals surface area contributed by atoms with Crippen LogP contribution in [0.25, 0.3) is 0 Å². The minimum atomic E-state index is -0.945. The molecule has 0 heterocycles. The quantitative estimate of drug-likeness (QED) is 0.440. The van der Waals surface area contributed by atoms with Gasteiger partial charge in [-0.1, -0.05) is 32.0 Å². The van der Waals surface area contributed by atoms with Crippen LogP contribution in [0.3, 0.4) is 0 Å². The molecular weight excluding hydrogens is 328 g/mol. The minimum Gasteiger partial charge on any atom is -0.366 e. The number of ether oxygens (including phenoxy) is 1. The Morgan fingerprint density at radius 3 is 2.46 bits per heavy atom. The number of hydrogen-bond acceptors (Lipinski definition) is 5. The van der Waals surface area contributed by atoms with Gasteiger partial charge in [0, 0.05) is 0 Å². The zero-order chi connectivity index (χ0) is 19.5. The van der Waals surface area contributed by atoms with Gasteiger partial charge in [-0.2, -0.15) is 0 Å². The van der Waals surface area contributed by atoms with Crippen LogP contribution >= 0.6 is 0 Å². The molecule has 0 amide bonds. The summed E-state index contributed by atoms with van der Waals surface area (Å²) in [4.78, 5) is 14.1. The highest BCUT2D eigenvalue weighted by atomic mass is 16.6. The predicted octanol–water partition coefficient (Wildman–Crippen LogP) is 3.96. The van der Waals surface area contributed by atoms with Gasteiger partial charge < -0.3 is 9.84 Å². The summed E-state index contributed by atoms with van der Waals surface area (Å²) in [5.41, 5.74) is -0.755. The second-order valence-electron chi connectivity index (χ2n) is 9.99. The molecule has 3 saturated carbocycles. The first-order valence-electron chi connectivity index (χ1n) is 10.1. The molecular formula is C21H36N2O3. The number of aliphatic hydroxyl groups is 1. The van der Waals surface area contributed by atoms with E-state index in [9.17, 15) is 10.0 Å². The lowest BCUT2D eigenvalue weighted by molar-refractivity contribution is -0.233. The van der Waals surface area contributed by atoms with Crippen LogP contribution in [0.1, 0.15) is 60.3 Å². The average Bonchev–Trinajstić information content (AvgIpc) is 2.79. The third kappa shape index (κ3) is 2.70. The molecule has 3 fully saturated rings. The summed E-state index contributed by atoms with van der Waals surface area (Å²) in [6.45, 7) is 10.5. The van der Waals surface area contributed by atoms with Gasteiger partial charge in [-0.05, 0) is 82.9 Å². The summed E-state index contributed by atoms with van der Waals surface area (Å²) < 4.78 is 6.48. The molecule has 5 atom stereocenters. The van der Waals surface area contributed by atoms with Gasteiger partial charge in [-0.25, -0.2) is 0 Å². The Morgan fingerprint density at radius 2 is 1.96 bits per heavy atom. The fraction of sp³-hybridized carbons (Fsp3) is 0.905. The molecule has 0 aliphatic heterocycles. The highest BCUT2D eigenvalue weighted by Gasteiger charge is 2.62. The van der Waals surface area contributed by atoms with Crippen LogP contribution in [-0.4, -0.2) is 47.1 Å². The molecule has 0 aromatic carbocycles. The van der Waals surface area contributed by atoms with Crippen LogP contribution in [-0.2, 0) is 4.74 Å². The predicted molar refractivity (Wildman–Crippen MR) is 104 cm³/mol. The van der Waals surface area contributed by atoms with Crippen LogP contribution in [0.5, 0.6) is 0 Å². The second-order valence-corrected chi connectivity index (χ2v) is 9.99. The van der Waals surface area contributed by atoms with Crippen LogP contribution in [0.4, 0.5) is 0 Å². The number of aliphatic hydroxyl groups excluding tert-OH is 1. The van der Waals surface area contributed by atoms with E-state index in [-0.39, 0.29) is 5.92 Å². The van der Waals surface area contributed by atoms with E-state index < -0.39 is 23.0 Å². The number of rotatable bonds is 6. The number of fused-ring (bicyclic) bond motifs is 1. The molecule has 0 saturated heterocycles. The fourth-order valence-corrected chi connectivity index (χ4v) is 5.72. The summed E-state index contributed by atoms with van der Waals surface area (Å²) in [6.07, 6.45) is 5.02. The summed E-state index contributed by atoms with van der Waals surface area (Å²) in [7, 11) is 3.96. The van der Waals surface area contributed by atoms with Gasteiger partial charge in [-0.3, -0.25) is 4.90 Å². The third-order valence-electron chi connectivity index (χ3n) is 7.88. The Bertz CT molecular complexity index is 588. The first-order chi connectivity index (χ1) is 12.0. The maximum absolute atomic E-state index is 12.1. The SMILES string of the molecule is CC1C=C2C(C)(OC(O)C(C)(C(C)C)N(C)C)CC3CC(C3)C2(N=O)C1. The molecule has 2 bridgehead atoms. The van der Waals surface area contributed by atoms with E-state index in [1.54, 1.807) is 0 Å². The molecule has 1 N–H and O–H groups in total. The highest BCUT2D eigenvalue weighted by Crippen LogP contribution is 2.61. The van der Waals surface area contributed by atoms with Crippen molar-refractivity contribution in [2.24, 2.45) is 28.8 Å². The lowest BCUT2D eigenvalue weighted by Gasteiger charge is -2.47. The molecule has 5 nitrogen and oxygen atoms in total. The third-order valence-corrected chi connectivity index (χ3v) is 7.88. The summed E-state index contributed by atoms with van der Waals surface area (Å²) in [6, 6.07) is 0. The zero-order valence-corrected chi connectivity index (χ0v) is 17.5. The van der Waals surface area contributed by atoms with E-state index in [1.165, 1.54) is 0 Å². The largest absolute Gasteiger partial charge is 0.366 e. The summed E-state index contributed by atoms with van der Waals surface area (Å²) in [5, 5.41) is 14.9. The van der Waals surface area contributed by atoms with Crippen LogP contribution in [0, 0.1) is 28.6 Å². The van der Waals surface area contributed by atoms with Crippen molar-refractivity contribution in [3.63, 3.8) is 0 Å². The van der Waals surface area contributed by atoms with E-state index in [0.29, 0.717) is 17.8 Å². The Balaban J connectivity index is 1.97. The highest BCUT2D eigenvalue weighted by molar-refractivity contribution is 5.40. The fourth-order valence-electron chi connectivity index (χ4n) is 5.72. The van der Waals surface area contributed by atoms with Crippen molar-refractivity contribution in [3.8, 4) is 0 Å². The summed E-state index contributed by atoms with van der Waals surface area (Å²) >= 11 is 0. The van der Waals surface area contributed by atoms with Crippen molar-refractivity contribution in [2.45, 2.75) is 83.3 Å². The molecule has 0 radical (unpaired) electrons. The monoisotopic (exact) mass is 364 g/mol. The maximum atomic E-state index is 12.1. The van der Waals surface area contributed by atoms with Crippen molar-refractivity contribution in [2.75, 3.05) is 14.1 Å². The van der Waals surface area contributed by atoms with Gasteiger partial charge in [0.15, 0.2) is 6.29 Å². The molecule has 4 rings (SSSR count). The van der Waals surface area contributed by atoms with Crippen molar-refractivity contribution < 1.29 is 9.84 Å². The minimum absolute atomic E-state index is 0.209. The first-order valence-corrected chi connectivity index (χ1v) is 10.1. The van der Waals surface area contributed by atoms with E-state index in [2.05, 4.69) is 38.9 Å². The molecule has 0 aromatic rings. The van der Waals surface area contributed by atoms with Crippen molar-refractivity contribution >= 4 is 0 Å². The first kappa shape index (κ1) is 20.0. The topological polar surface area (TPSA) is 62.1 Å². The lowest BCUT2D eigenvalue weighted by Crippen LogP contribution is -2.58. The molecule has 4 aliphatic carbocycles. The average molecular weight is 365 g/mol. The van der Waals surface area contributed by atoms with Crippen molar-refractivity contribution in [1.29, 1.82) is 0 Å². The molecule has 26 heavy (non-hydrogen) atoms. The molecule has 0 aromatic heterocycles. The van der Waals surface area contributed by atoms with Crippen molar-refractivity contribution in [1.82, 2.24) is 4.90 Å². The standard InChI is InChI=1S/C21H36N2O3/c1-13(2)20(5,23(6)7)18(24)26-19(4)12-15-9-16(10-15)21(22-25)11-14(3)8-17(19)21/h8,13-16,18,24H,9-12H2,1-7H3. The van der Waals surface area contributed by atoms with Gasteiger partial charge in [0.2, 0.25) is 0 Å². The number of allylic oxidation sites excluding steroid dienone is 1. The van der Waals surface area contributed by atoms with Crippen molar-refractivity contribution in [3.05, 3.63) is 16.6 Å². The maximum Gasteiger partial charge on any atom is 0.174 e. The Kier molecular flexibility index (Phi) is 4.90. The zero-order valence-electron chi connectivity index (χ0n) is 17.5. The van der Waals surface area contributed by atoms with Crippen LogP contribution in [0.15, 0.2) is 16.8 Å². The summed E-state index contributed by atoms with van der Waals surface area (Å²) in [5.74, 6) is 1.43. The van der Waals surface area contributed by atoms with Gasteiger partial charge in [0.05, 0.1) is 11.1 Å². The van der Waals surface area contributed by atoms with Gasteiger partial charge >= 0.3 is 0 Å². The normalized spacial score (nSPS) is 42.5. The molecule has 148 valence electrons. The van der Waals surface area contributed by atoms with Crippen LogP contribution in [0.2, 0.25) is 0 Å². The van der Waals surface area contributed by atoms with Crippen LogP contribution < -0.4 is 0 Å². The lowest BCUT2D eigenvalue weighted by atomic mass is 9.65. The molecule has 5 heteroatoms. The Morgan fingerprint density at radius 1 is 1.35 bits per heavy atom. The van der Waals surface area contributed by atoms with Gasteiger partial charge in [0.1, 0.15) is 5.54 Å². The number of nitrogens with zero attached hydrogens (tertiary/aromatic N) is 2. The van der Waals surface area contributed by atoms with E-state index in [4.69, 9.17) is 4.74 Å². The van der Waals surface area contributed by atoms with E-state index in [0.717, 1.165) is 31.3 Å². The molecule has 5 unspecified atom stereocenters. The Labute approximate surface area is 158 Å². The number of likely N-dealkylation sites (N-methyl/N-ethyl adjacent to an activating group) is 1. The second kappa shape index (κ2) is 6.39. The van der Waals surface area contributed by atoms with E-state index in [1.807, 2.05) is 25.9 Å². The number of nitroso groups, excluding NO2 is 1. The Hall–Kier alpha value is -0.780. The van der Waals surface area contributed by atoms with Gasteiger partial charge in [0.25, 0.3) is 0 Å². The molecule has 0 spiro atoms. The molecule has 4 aliphatic rings. The smallest absolute Gasteiger partial charge is 0.174 e. The number of hydrogen-bond donors (Lipinski definition) is 1. The van der Waals surface area contributed by atoms with E-state index >= 15 is 0 Å².